The zero-order valence-corrected chi connectivity index (χ0v) is 14.7. The number of methoxy groups -OCH3 is 1. The van der Waals surface area contributed by atoms with Gasteiger partial charge in [-0.1, -0.05) is 32.0 Å². The van der Waals surface area contributed by atoms with Crippen molar-refractivity contribution in [2.45, 2.75) is 50.5 Å². The summed E-state index contributed by atoms with van der Waals surface area (Å²) in [7, 11) is 1.35. The summed E-state index contributed by atoms with van der Waals surface area (Å²) in [5.41, 5.74) is -0.109. The topological polar surface area (TPSA) is 52.6 Å². The number of hydrogen-bond donors (Lipinski definition) is 0. The predicted molar refractivity (Wildman–Crippen MR) is 89.9 cm³/mol. The number of rotatable bonds is 6. The maximum atomic E-state index is 12.3. The lowest BCUT2D eigenvalue weighted by molar-refractivity contribution is -0.150. The SMILES string of the molecule is COC(=O)C(CC1C(=O)CCCC1(C)C)OSc1ccccc1. The summed E-state index contributed by atoms with van der Waals surface area (Å²) in [5, 5.41) is 0. The molecule has 23 heavy (non-hydrogen) atoms. The van der Waals surface area contributed by atoms with Crippen LogP contribution in [0.4, 0.5) is 0 Å². The Morgan fingerprint density at radius 1 is 1.35 bits per heavy atom. The molecule has 0 heterocycles. The molecule has 1 aliphatic carbocycles. The van der Waals surface area contributed by atoms with Gasteiger partial charge in [0.1, 0.15) is 5.78 Å². The molecule has 1 aliphatic rings. The van der Waals surface area contributed by atoms with Gasteiger partial charge in [0.2, 0.25) is 0 Å². The Morgan fingerprint density at radius 2 is 2.04 bits per heavy atom. The zero-order chi connectivity index (χ0) is 16.9. The highest BCUT2D eigenvalue weighted by molar-refractivity contribution is 7.94. The summed E-state index contributed by atoms with van der Waals surface area (Å²) >= 11 is 1.15. The molecule has 1 fully saturated rings. The number of ether oxygens (including phenoxy) is 1. The fourth-order valence-corrected chi connectivity index (χ4v) is 3.72. The van der Waals surface area contributed by atoms with E-state index in [0.29, 0.717) is 12.8 Å². The summed E-state index contributed by atoms with van der Waals surface area (Å²) in [6.45, 7) is 4.18. The van der Waals surface area contributed by atoms with Gasteiger partial charge < -0.3 is 4.74 Å². The highest BCUT2D eigenvalue weighted by Crippen LogP contribution is 2.42. The Morgan fingerprint density at radius 3 is 2.65 bits per heavy atom. The Kier molecular flexibility index (Phi) is 6.25. The minimum Gasteiger partial charge on any atom is -0.467 e. The van der Waals surface area contributed by atoms with Crippen LogP contribution in [0.2, 0.25) is 0 Å². The summed E-state index contributed by atoms with van der Waals surface area (Å²) in [5.74, 6) is -0.372. The Hall–Kier alpha value is -1.33. The molecule has 1 saturated carbocycles. The van der Waals surface area contributed by atoms with Gasteiger partial charge in [0.15, 0.2) is 6.10 Å². The minimum atomic E-state index is -0.739. The van der Waals surface area contributed by atoms with Crippen molar-refractivity contribution in [3.63, 3.8) is 0 Å². The van der Waals surface area contributed by atoms with Crippen molar-refractivity contribution >= 4 is 23.8 Å². The molecule has 1 aromatic carbocycles. The van der Waals surface area contributed by atoms with Crippen LogP contribution in [0, 0.1) is 11.3 Å². The number of esters is 1. The van der Waals surface area contributed by atoms with Crippen LogP contribution in [-0.4, -0.2) is 25.0 Å². The smallest absolute Gasteiger partial charge is 0.336 e. The lowest BCUT2D eigenvalue weighted by atomic mass is 9.66. The first kappa shape index (κ1) is 18.0. The highest BCUT2D eigenvalue weighted by atomic mass is 32.2. The van der Waals surface area contributed by atoms with E-state index in [1.165, 1.54) is 7.11 Å². The Bertz CT molecular complexity index is 541. The summed E-state index contributed by atoms with van der Waals surface area (Å²) in [6, 6.07) is 9.56. The fraction of sp³-hybridized carbons (Fsp3) is 0.556. The lowest BCUT2D eigenvalue weighted by Gasteiger charge is -2.38. The molecule has 0 amide bonds. The summed E-state index contributed by atoms with van der Waals surface area (Å²) in [4.78, 5) is 25.3. The van der Waals surface area contributed by atoms with Crippen molar-refractivity contribution in [1.82, 2.24) is 0 Å². The van der Waals surface area contributed by atoms with Gasteiger partial charge in [-0.25, -0.2) is 4.79 Å². The van der Waals surface area contributed by atoms with Crippen molar-refractivity contribution in [3.8, 4) is 0 Å². The van der Waals surface area contributed by atoms with Gasteiger partial charge in [0.05, 0.1) is 7.11 Å². The second-order valence-electron chi connectivity index (χ2n) is 6.60. The number of carbonyl (C=O) groups excluding carboxylic acids is 2. The minimum absolute atomic E-state index is 0.109. The van der Waals surface area contributed by atoms with E-state index in [2.05, 4.69) is 13.8 Å². The third-order valence-corrected chi connectivity index (χ3v) is 5.29. The quantitative estimate of drug-likeness (QED) is 0.580. The number of ketones is 1. The molecule has 2 rings (SSSR count). The number of Topliss-reactive ketones (excluding diaryl/α,β-unsaturated/α-hetero) is 1. The second kappa shape index (κ2) is 7.97. The van der Waals surface area contributed by atoms with Crippen LogP contribution in [0.1, 0.15) is 39.5 Å². The molecule has 126 valence electrons. The Labute approximate surface area is 142 Å². The molecule has 0 N–H and O–H groups in total. The largest absolute Gasteiger partial charge is 0.467 e. The molecule has 0 spiro atoms. The predicted octanol–water partition coefficient (Wildman–Crippen LogP) is 4.04. The molecule has 1 aromatic rings. The van der Waals surface area contributed by atoms with Crippen molar-refractivity contribution in [2.24, 2.45) is 11.3 Å². The third kappa shape index (κ3) is 4.82. The first-order valence-corrected chi connectivity index (χ1v) is 8.67. The number of benzene rings is 1. The molecule has 2 atom stereocenters. The number of hydrogen-bond acceptors (Lipinski definition) is 5. The van der Waals surface area contributed by atoms with Crippen molar-refractivity contribution in [1.29, 1.82) is 0 Å². The van der Waals surface area contributed by atoms with Crippen LogP contribution in [0.5, 0.6) is 0 Å². The summed E-state index contributed by atoms with van der Waals surface area (Å²) < 4.78 is 10.6. The molecule has 0 radical (unpaired) electrons. The first-order chi connectivity index (χ1) is 10.9. The second-order valence-corrected chi connectivity index (χ2v) is 7.43. The number of carbonyl (C=O) groups is 2. The standard InChI is InChI=1S/C18H24O4S/c1-18(2)11-7-10-15(19)14(18)12-16(17(20)21-3)22-23-13-8-5-4-6-9-13/h4-6,8-9,14,16H,7,10-12H2,1-3H3. The van der Waals surface area contributed by atoms with Crippen molar-refractivity contribution in [2.75, 3.05) is 7.11 Å². The Balaban J connectivity index is 2.06. The molecule has 2 unspecified atom stereocenters. The van der Waals surface area contributed by atoms with Gasteiger partial charge in [0, 0.05) is 29.3 Å². The van der Waals surface area contributed by atoms with E-state index in [1.54, 1.807) is 0 Å². The maximum Gasteiger partial charge on any atom is 0.336 e. The van der Waals surface area contributed by atoms with Gasteiger partial charge in [-0.05, 0) is 36.8 Å². The van der Waals surface area contributed by atoms with Gasteiger partial charge in [-0.3, -0.25) is 8.98 Å². The molecule has 4 nitrogen and oxygen atoms in total. The lowest BCUT2D eigenvalue weighted by Crippen LogP contribution is -2.39. The molecule has 5 heteroatoms. The van der Waals surface area contributed by atoms with Gasteiger partial charge in [-0.15, -0.1) is 0 Å². The van der Waals surface area contributed by atoms with Gasteiger partial charge in [0.25, 0.3) is 0 Å². The van der Waals surface area contributed by atoms with Crippen molar-refractivity contribution in [3.05, 3.63) is 30.3 Å². The van der Waals surface area contributed by atoms with Gasteiger partial charge >= 0.3 is 5.97 Å². The first-order valence-electron chi connectivity index (χ1n) is 7.93. The average molecular weight is 336 g/mol. The van der Waals surface area contributed by atoms with E-state index < -0.39 is 12.1 Å². The van der Waals surface area contributed by atoms with E-state index in [9.17, 15) is 9.59 Å². The highest BCUT2D eigenvalue weighted by Gasteiger charge is 2.41. The molecule has 0 aromatic heterocycles. The van der Waals surface area contributed by atoms with Gasteiger partial charge in [-0.2, -0.15) is 0 Å². The zero-order valence-electron chi connectivity index (χ0n) is 13.9. The molecule has 0 bridgehead atoms. The van der Waals surface area contributed by atoms with Crippen LogP contribution in [0.3, 0.4) is 0 Å². The maximum absolute atomic E-state index is 12.3. The molecule has 0 saturated heterocycles. The average Bonchev–Trinajstić information content (AvgIpc) is 2.53. The third-order valence-electron chi connectivity index (χ3n) is 4.49. The fourth-order valence-electron chi connectivity index (χ4n) is 3.06. The van der Waals surface area contributed by atoms with E-state index in [0.717, 1.165) is 29.8 Å². The van der Waals surface area contributed by atoms with E-state index in [1.807, 2.05) is 30.3 Å². The molecular weight excluding hydrogens is 312 g/mol. The van der Waals surface area contributed by atoms with Crippen LogP contribution in [0.25, 0.3) is 0 Å². The monoisotopic (exact) mass is 336 g/mol. The molecular formula is C18H24O4S. The van der Waals surface area contributed by atoms with Crippen LogP contribution < -0.4 is 0 Å². The van der Waals surface area contributed by atoms with E-state index >= 15 is 0 Å². The molecule has 0 aliphatic heterocycles. The van der Waals surface area contributed by atoms with Crippen molar-refractivity contribution < 1.29 is 18.5 Å². The summed E-state index contributed by atoms with van der Waals surface area (Å²) in [6.07, 6.45) is 2.14. The van der Waals surface area contributed by atoms with E-state index in [-0.39, 0.29) is 17.1 Å². The van der Waals surface area contributed by atoms with Crippen LogP contribution in [-0.2, 0) is 18.5 Å². The van der Waals surface area contributed by atoms with Crippen LogP contribution >= 0.6 is 12.0 Å². The normalized spacial score (nSPS) is 21.7. The van der Waals surface area contributed by atoms with Crippen LogP contribution in [0.15, 0.2) is 35.2 Å². The van der Waals surface area contributed by atoms with E-state index in [4.69, 9.17) is 8.92 Å².